The molecule has 1 saturated heterocycles. The van der Waals surface area contributed by atoms with Crippen LogP contribution >= 0.6 is 11.3 Å². The summed E-state index contributed by atoms with van der Waals surface area (Å²) in [6.45, 7) is 0.726. The number of halogens is 1. The van der Waals surface area contributed by atoms with E-state index >= 15 is 0 Å². The maximum atomic E-state index is 13.3. The normalized spacial score (nSPS) is 18.5. The van der Waals surface area contributed by atoms with Crippen molar-refractivity contribution in [3.8, 4) is 11.5 Å². The van der Waals surface area contributed by atoms with E-state index in [1.165, 1.54) is 35.1 Å². The highest BCUT2D eigenvalue weighted by Gasteiger charge is 2.39. The number of carbonyl (C=O) groups excluding carboxylic acids is 2. The van der Waals surface area contributed by atoms with E-state index in [0.717, 1.165) is 16.4 Å². The van der Waals surface area contributed by atoms with Gasteiger partial charge in [-0.2, -0.15) is 9.30 Å². The van der Waals surface area contributed by atoms with Crippen LogP contribution in [0.4, 0.5) is 4.39 Å². The second-order valence-electron chi connectivity index (χ2n) is 8.19. The van der Waals surface area contributed by atoms with E-state index in [4.69, 9.17) is 14.2 Å². The summed E-state index contributed by atoms with van der Waals surface area (Å²) < 4.78 is 59.1. The van der Waals surface area contributed by atoms with Crippen LogP contribution in [0.15, 0.2) is 46.3 Å². The Balaban J connectivity index is 1.54. The molecule has 2 aliphatic heterocycles. The molecular weight excluding hydrogens is 513 g/mol. The summed E-state index contributed by atoms with van der Waals surface area (Å²) >= 11 is 1.17. The van der Waals surface area contributed by atoms with Crippen molar-refractivity contribution in [3.63, 3.8) is 0 Å². The minimum absolute atomic E-state index is 0.100. The molecule has 1 atom stereocenters. The summed E-state index contributed by atoms with van der Waals surface area (Å²) in [7, 11) is -2.78. The monoisotopic (exact) mass is 535 g/mol. The summed E-state index contributed by atoms with van der Waals surface area (Å²) in [5.74, 6) is -0.697. The number of fused-ring (bicyclic) bond motifs is 2. The molecule has 0 saturated carbocycles. The first-order valence-electron chi connectivity index (χ1n) is 11.1. The fourth-order valence-electron chi connectivity index (χ4n) is 4.22. The summed E-state index contributed by atoms with van der Waals surface area (Å²) in [5, 5.41) is 0. The summed E-state index contributed by atoms with van der Waals surface area (Å²) in [4.78, 5) is 29.8. The van der Waals surface area contributed by atoms with Crippen LogP contribution in [0, 0.1) is 5.82 Å². The molecule has 10 nitrogen and oxygen atoms in total. The predicted molar refractivity (Wildman–Crippen MR) is 127 cm³/mol. The zero-order chi connectivity index (χ0) is 25.4. The molecule has 0 spiro atoms. The zero-order valence-corrected chi connectivity index (χ0v) is 20.8. The molecule has 1 unspecified atom stereocenters. The lowest BCUT2D eigenvalue weighted by atomic mass is 10.2. The van der Waals surface area contributed by atoms with Gasteiger partial charge in [0, 0.05) is 18.7 Å². The van der Waals surface area contributed by atoms with Crippen LogP contribution in [-0.4, -0.2) is 62.1 Å². The number of hydrogen-bond acceptors (Lipinski definition) is 8. The average Bonchev–Trinajstić information content (AvgIpc) is 3.49. The molecule has 0 aliphatic carbocycles. The molecule has 0 radical (unpaired) electrons. The summed E-state index contributed by atoms with van der Waals surface area (Å²) in [6.07, 6.45) is 0.767. The molecule has 13 heteroatoms. The molecule has 1 aromatic heterocycles. The fraction of sp³-hybridized carbons (Fsp3) is 0.348. The second-order valence-corrected chi connectivity index (χ2v) is 11.1. The first-order chi connectivity index (χ1) is 17.3. The van der Waals surface area contributed by atoms with E-state index in [1.54, 1.807) is 12.1 Å². The van der Waals surface area contributed by atoms with Gasteiger partial charge in [0.2, 0.25) is 10.0 Å². The maximum absolute atomic E-state index is 13.3. The van der Waals surface area contributed by atoms with Crippen LogP contribution < -0.4 is 14.3 Å². The van der Waals surface area contributed by atoms with Gasteiger partial charge in [-0.3, -0.25) is 9.59 Å². The zero-order valence-electron chi connectivity index (χ0n) is 19.2. The number of esters is 1. The van der Waals surface area contributed by atoms with Gasteiger partial charge in [-0.1, -0.05) is 11.3 Å². The highest BCUT2D eigenvalue weighted by Crippen LogP contribution is 2.35. The van der Waals surface area contributed by atoms with Crippen LogP contribution in [0.2, 0.25) is 0 Å². The lowest BCUT2D eigenvalue weighted by molar-refractivity contribution is -0.141. The number of aromatic nitrogens is 1. The average molecular weight is 536 g/mol. The highest BCUT2D eigenvalue weighted by molar-refractivity contribution is 7.89. The number of thiazole rings is 1. The van der Waals surface area contributed by atoms with Gasteiger partial charge in [-0.15, -0.1) is 0 Å². The van der Waals surface area contributed by atoms with Crippen molar-refractivity contribution in [1.82, 2.24) is 8.87 Å². The first kappa shape index (κ1) is 24.4. The van der Waals surface area contributed by atoms with Crippen LogP contribution in [0.3, 0.4) is 0 Å². The third-order valence-electron chi connectivity index (χ3n) is 5.98. The Hall–Kier alpha value is -3.29. The van der Waals surface area contributed by atoms with Gasteiger partial charge in [-0.25, -0.2) is 12.8 Å². The molecule has 1 fully saturated rings. The SMILES string of the molecule is COC(=O)Cn1c(=NC(=O)C2CCCN2S(=O)(=O)c2ccc(F)cc2)sc2cc3c(cc21)OCCO3. The molecule has 3 aromatic rings. The third-order valence-corrected chi connectivity index (χ3v) is 8.94. The Morgan fingerprint density at radius 1 is 1.17 bits per heavy atom. The van der Waals surface area contributed by atoms with Crippen LogP contribution in [0.25, 0.3) is 10.2 Å². The van der Waals surface area contributed by atoms with E-state index in [2.05, 4.69) is 4.99 Å². The fourth-order valence-corrected chi connectivity index (χ4v) is 6.92. The molecule has 0 N–H and O–H groups in total. The third kappa shape index (κ3) is 4.49. The van der Waals surface area contributed by atoms with Crippen molar-refractivity contribution in [2.24, 2.45) is 4.99 Å². The number of carbonyl (C=O) groups is 2. The van der Waals surface area contributed by atoms with Gasteiger partial charge in [0.1, 0.15) is 31.6 Å². The Bertz CT molecular complexity index is 1510. The topological polar surface area (TPSA) is 116 Å². The minimum Gasteiger partial charge on any atom is -0.486 e. The Morgan fingerprint density at radius 3 is 2.56 bits per heavy atom. The first-order valence-corrected chi connectivity index (χ1v) is 13.4. The second kappa shape index (κ2) is 9.64. The highest BCUT2D eigenvalue weighted by atomic mass is 32.2. The van der Waals surface area contributed by atoms with Crippen LogP contribution in [0.1, 0.15) is 12.8 Å². The molecule has 3 heterocycles. The van der Waals surface area contributed by atoms with E-state index in [-0.39, 0.29) is 22.8 Å². The van der Waals surface area contributed by atoms with Crippen molar-refractivity contribution in [1.29, 1.82) is 0 Å². The van der Waals surface area contributed by atoms with Gasteiger partial charge < -0.3 is 18.8 Å². The number of nitrogens with zero attached hydrogens (tertiary/aromatic N) is 3. The summed E-state index contributed by atoms with van der Waals surface area (Å²) in [5.41, 5.74) is 0.600. The van der Waals surface area contributed by atoms with Gasteiger partial charge >= 0.3 is 5.97 Å². The van der Waals surface area contributed by atoms with Gasteiger partial charge in [0.15, 0.2) is 16.3 Å². The lowest BCUT2D eigenvalue weighted by Crippen LogP contribution is -2.40. The molecule has 0 bridgehead atoms. The number of ether oxygens (including phenoxy) is 3. The van der Waals surface area contributed by atoms with E-state index in [0.29, 0.717) is 47.8 Å². The number of benzene rings is 2. The number of amides is 1. The van der Waals surface area contributed by atoms with Crippen LogP contribution in [0.5, 0.6) is 11.5 Å². The van der Waals surface area contributed by atoms with Gasteiger partial charge in [0.25, 0.3) is 5.91 Å². The Labute approximate surface area is 209 Å². The predicted octanol–water partition coefficient (Wildman–Crippen LogP) is 2.07. The van der Waals surface area contributed by atoms with Crippen LogP contribution in [-0.2, 0) is 30.9 Å². The van der Waals surface area contributed by atoms with Crippen molar-refractivity contribution in [2.75, 3.05) is 26.9 Å². The number of hydrogen-bond donors (Lipinski definition) is 0. The molecule has 2 aromatic carbocycles. The van der Waals surface area contributed by atoms with Crippen molar-refractivity contribution in [2.45, 2.75) is 30.3 Å². The van der Waals surface area contributed by atoms with Crippen molar-refractivity contribution >= 4 is 43.5 Å². The Kier molecular flexibility index (Phi) is 6.53. The van der Waals surface area contributed by atoms with E-state index in [9.17, 15) is 22.4 Å². The molecule has 2 aliphatic rings. The minimum atomic E-state index is -4.04. The van der Waals surface area contributed by atoms with Crippen molar-refractivity contribution in [3.05, 3.63) is 47.0 Å². The smallest absolute Gasteiger partial charge is 0.325 e. The number of sulfonamides is 1. The largest absolute Gasteiger partial charge is 0.486 e. The quantitative estimate of drug-likeness (QED) is 0.459. The molecule has 36 heavy (non-hydrogen) atoms. The molecule has 5 rings (SSSR count). The summed E-state index contributed by atoms with van der Waals surface area (Å²) in [6, 6.07) is 6.92. The number of methoxy groups -OCH3 is 1. The van der Waals surface area contributed by atoms with E-state index in [1.807, 2.05) is 0 Å². The molecule has 190 valence electrons. The van der Waals surface area contributed by atoms with Crippen molar-refractivity contribution < 1.29 is 36.6 Å². The molecular formula is C23H22FN3O7S2. The van der Waals surface area contributed by atoms with Gasteiger partial charge in [0.05, 0.1) is 22.2 Å². The molecule has 1 amide bonds. The lowest BCUT2D eigenvalue weighted by Gasteiger charge is -2.21. The standard InChI is InChI=1S/C23H22FN3O7S2/c1-32-21(28)13-26-17-11-18-19(34-10-9-33-18)12-20(17)35-23(26)25-22(29)16-3-2-8-27(16)36(30,31)15-6-4-14(24)5-7-15/h4-7,11-12,16H,2-3,8-10,13H2,1H3. The van der Waals surface area contributed by atoms with Gasteiger partial charge in [-0.05, 0) is 37.1 Å². The number of rotatable bonds is 5. The maximum Gasteiger partial charge on any atom is 0.325 e. The Morgan fingerprint density at radius 2 is 1.86 bits per heavy atom. The van der Waals surface area contributed by atoms with E-state index < -0.39 is 33.8 Å².